The number of carbonyl (C=O) groups is 1. The Bertz CT molecular complexity index is 252. The monoisotopic (exact) mass is 269 g/mol. The van der Waals surface area contributed by atoms with E-state index in [2.05, 4.69) is 24.1 Å². The molecule has 0 aromatic rings. The summed E-state index contributed by atoms with van der Waals surface area (Å²) in [7, 11) is 0. The van der Waals surface area contributed by atoms with E-state index in [4.69, 9.17) is 5.73 Å². The molecule has 1 rings (SSSR count). The molecule has 19 heavy (non-hydrogen) atoms. The van der Waals surface area contributed by atoms with Crippen LogP contribution in [0.4, 0.5) is 0 Å². The molecule has 112 valence electrons. The summed E-state index contributed by atoms with van der Waals surface area (Å²) in [6.45, 7) is 9.08. The number of nitrogens with zero attached hydrogens (tertiary/aromatic N) is 1. The molecule has 0 spiro atoms. The van der Waals surface area contributed by atoms with Crippen LogP contribution in [0.15, 0.2) is 0 Å². The Kier molecular flexibility index (Phi) is 8.07. The molecular formula is C15H31N3O. The van der Waals surface area contributed by atoms with Crippen LogP contribution in [-0.2, 0) is 4.79 Å². The van der Waals surface area contributed by atoms with Gasteiger partial charge >= 0.3 is 0 Å². The number of likely N-dealkylation sites (tertiary alicyclic amines) is 1. The molecule has 3 N–H and O–H groups in total. The summed E-state index contributed by atoms with van der Waals surface area (Å²) < 4.78 is 0. The Hall–Kier alpha value is -0.610. The molecule has 0 aromatic carbocycles. The fourth-order valence-corrected chi connectivity index (χ4v) is 2.77. The highest BCUT2D eigenvalue weighted by atomic mass is 16.1. The van der Waals surface area contributed by atoms with Crippen LogP contribution in [-0.4, -0.2) is 43.5 Å². The van der Waals surface area contributed by atoms with Gasteiger partial charge in [0.05, 0.1) is 5.92 Å². The number of hydrogen-bond donors (Lipinski definition) is 2. The number of hydrogen-bond acceptors (Lipinski definition) is 3. The quantitative estimate of drug-likeness (QED) is 0.703. The van der Waals surface area contributed by atoms with Gasteiger partial charge in [-0.3, -0.25) is 4.79 Å². The Morgan fingerprint density at radius 3 is 2.58 bits per heavy atom. The zero-order valence-electron chi connectivity index (χ0n) is 12.7. The van der Waals surface area contributed by atoms with Crippen LogP contribution >= 0.6 is 0 Å². The maximum absolute atomic E-state index is 12.0. The number of amides is 1. The lowest BCUT2D eigenvalue weighted by atomic mass is 10.0. The molecule has 4 nitrogen and oxygen atoms in total. The maximum atomic E-state index is 12.0. The number of rotatable bonds is 8. The topological polar surface area (TPSA) is 58.4 Å². The first-order valence-electron chi connectivity index (χ1n) is 7.87. The van der Waals surface area contributed by atoms with E-state index in [-0.39, 0.29) is 11.8 Å². The highest BCUT2D eigenvalue weighted by Gasteiger charge is 2.17. The molecule has 0 radical (unpaired) electrons. The van der Waals surface area contributed by atoms with E-state index in [0.29, 0.717) is 12.5 Å². The molecule has 2 unspecified atom stereocenters. The average molecular weight is 269 g/mol. The molecule has 1 aliphatic heterocycles. The third-order valence-electron chi connectivity index (χ3n) is 3.94. The van der Waals surface area contributed by atoms with Gasteiger partial charge in [-0.1, -0.05) is 26.7 Å². The van der Waals surface area contributed by atoms with Gasteiger partial charge in [-0.15, -0.1) is 0 Å². The van der Waals surface area contributed by atoms with Gasteiger partial charge in [-0.2, -0.15) is 0 Å². The van der Waals surface area contributed by atoms with Gasteiger partial charge in [0.1, 0.15) is 0 Å². The van der Waals surface area contributed by atoms with Gasteiger partial charge in [-0.05, 0) is 38.3 Å². The molecule has 0 aromatic heterocycles. The van der Waals surface area contributed by atoms with Crippen molar-refractivity contribution in [1.29, 1.82) is 0 Å². The zero-order chi connectivity index (χ0) is 14.1. The minimum absolute atomic E-state index is 0.00723. The average Bonchev–Trinajstić information content (AvgIpc) is 2.43. The Balaban J connectivity index is 2.20. The lowest BCUT2D eigenvalue weighted by molar-refractivity contribution is -0.125. The highest BCUT2D eigenvalue weighted by molar-refractivity contribution is 5.78. The van der Waals surface area contributed by atoms with Crippen LogP contribution in [0.1, 0.15) is 46.0 Å². The van der Waals surface area contributed by atoms with Crippen LogP contribution in [0.5, 0.6) is 0 Å². The Morgan fingerprint density at radius 1 is 1.32 bits per heavy atom. The third-order valence-corrected chi connectivity index (χ3v) is 3.94. The normalized spacial score (nSPS) is 19.9. The number of nitrogens with one attached hydrogen (secondary N) is 1. The maximum Gasteiger partial charge on any atom is 0.224 e. The summed E-state index contributed by atoms with van der Waals surface area (Å²) >= 11 is 0. The van der Waals surface area contributed by atoms with Crippen molar-refractivity contribution in [3.8, 4) is 0 Å². The van der Waals surface area contributed by atoms with E-state index in [1.54, 1.807) is 0 Å². The van der Waals surface area contributed by atoms with Gasteiger partial charge in [0.15, 0.2) is 0 Å². The number of nitrogens with two attached hydrogens (primary N) is 1. The minimum atomic E-state index is -0.00723. The van der Waals surface area contributed by atoms with Crippen molar-refractivity contribution < 1.29 is 4.79 Å². The van der Waals surface area contributed by atoms with Crippen LogP contribution in [0.25, 0.3) is 0 Å². The molecule has 0 bridgehead atoms. The molecule has 1 saturated heterocycles. The molecule has 1 aliphatic rings. The van der Waals surface area contributed by atoms with Gasteiger partial charge in [0.25, 0.3) is 0 Å². The second-order valence-corrected chi connectivity index (χ2v) is 5.93. The van der Waals surface area contributed by atoms with Crippen molar-refractivity contribution >= 4 is 5.91 Å². The molecule has 1 heterocycles. The Labute approximate surface area is 118 Å². The van der Waals surface area contributed by atoms with Crippen LogP contribution < -0.4 is 11.1 Å². The predicted octanol–water partition coefficient (Wildman–Crippen LogP) is 1.60. The molecule has 0 saturated carbocycles. The molecule has 2 atom stereocenters. The molecule has 1 fully saturated rings. The van der Waals surface area contributed by atoms with Crippen LogP contribution in [0.3, 0.4) is 0 Å². The first-order chi connectivity index (χ1) is 9.17. The van der Waals surface area contributed by atoms with E-state index in [0.717, 1.165) is 25.9 Å². The minimum Gasteiger partial charge on any atom is -0.356 e. The van der Waals surface area contributed by atoms with E-state index in [9.17, 15) is 4.79 Å². The lowest BCUT2D eigenvalue weighted by Gasteiger charge is -2.29. The number of carbonyl (C=O) groups excluding carboxylic acids is 1. The van der Waals surface area contributed by atoms with Crippen molar-refractivity contribution in [2.75, 3.05) is 32.7 Å². The molecule has 1 amide bonds. The molecule has 0 aliphatic carbocycles. The summed E-state index contributed by atoms with van der Waals surface area (Å²) in [5.41, 5.74) is 5.65. The van der Waals surface area contributed by atoms with Crippen molar-refractivity contribution in [2.24, 2.45) is 17.6 Å². The van der Waals surface area contributed by atoms with Gasteiger partial charge in [0, 0.05) is 19.6 Å². The summed E-state index contributed by atoms with van der Waals surface area (Å²) in [6, 6.07) is 0. The first kappa shape index (κ1) is 16.4. The fourth-order valence-electron chi connectivity index (χ4n) is 2.77. The second kappa shape index (κ2) is 9.32. The van der Waals surface area contributed by atoms with Gasteiger partial charge in [-0.25, -0.2) is 0 Å². The van der Waals surface area contributed by atoms with Crippen molar-refractivity contribution in [2.45, 2.75) is 46.0 Å². The van der Waals surface area contributed by atoms with Crippen LogP contribution in [0.2, 0.25) is 0 Å². The molecular weight excluding hydrogens is 238 g/mol. The van der Waals surface area contributed by atoms with E-state index < -0.39 is 0 Å². The van der Waals surface area contributed by atoms with E-state index >= 15 is 0 Å². The first-order valence-corrected chi connectivity index (χ1v) is 7.87. The van der Waals surface area contributed by atoms with Gasteiger partial charge < -0.3 is 16.0 Å². The summed E-state index contributed by atoms with van der Waals surface area (Å²) in [5.74, 6) is 0.643. The fraction of sp³-hybridized carbons (Fsp3) is 0.933. The van der Waals surface area contributed by atoms with Crippen molar-refractivity contribution in [3.63, 3.8) is 0 Å². The second-order valence-electron chi connectivity index (χ2n) is 5.93. The smallest absolute Gasteiger partial charge is 0.224 e. The standard InChI is InChI=1S/C15H31N3O/c1-3-7-14(10-16)15(19)17-11-13(2)12-18-8-5-4-6-9-18/h13-14H,3-12,16H2,1-2H3,(H,17,19). The molecule has 4 heteroatoms. The summed E-state index contributed by atoms with van der Waals surface area (Å²) in [6.07, 6.45) is 5.92. The Morgan fingerprint density at radius 2 is 2.00 bits per heavy atom. The lowest BCUT2D eigenvalue weighted by Crippen LogP contribution is -2.41. The largest absolute Gasteiger partial charge is 0.356 e. The van der Waals surface area contributed by atoms with Gasteiger partial charge in [0.2, 0.25) is 5.91 Å². The summed E-state index contributed by atoms with van der Waals surface area (Å²) in [5, 5.41) is 3.06. The predicted molar refractivity (Wildman–Crippen MR) is 79.9 cm³/mol. The zero-order valence-corrected chi connectivity index (χ0v) is 12.7. The number of piperidine rings is 1. The van der Waals surface area contributed by atoms with Crippen molar-refractivity contribution in [1.82, 2.24) is 10.2 Å². The van der Waals surface area contributed by atoms with Crippen LogP contribution in [0, 0.1) is 11.8 Å². The highest BCUT2D eigenvalue weighted by Crippen LogP contribution is 2.11. The van der Waals surface area contributed by atoms with E-state index in [1.165, 1.54) is 32.4 Å². The van der Waals surface area contributed by atoms with Crippen molar-refractivity contribution in [3.05, 3.63) is 0 Å². The van der Waals surface area contributed by atoms with E-state index in [1.807, 2.05) is 0 Å². The summed E-state index contributed by atoms with van der Waals surface area (Å²) in [4.78, 5) is 14.5. The SMILES string of the molecule is CCCC(CN)C(=O)NCC(C)CN1CCCCC1. The third kappa shape index (κ3) is 6.39.